The molecule has 0 aliphatic carbocycles. The molecule has 0 aliphatic rings. The molecular weight excluding hydrogens is 326 g/mol. The molecule has 0 unspecified atom stereocenters. The second-order valence-corrected chi connectivity index (χ2v) is 6.00. The van der Waals surface area contributed by atoms with Gasteiger partial charge in [0.1, 0.15) is 0 Å². The molecule has 0 saturated carbocycles. The molecule has 4 heteroatoms. The lowest BCUT2D eigenvalue weighted by atomic mass is 9.94. The van der Waals surface area contributed by atoms with E-state index in [0.29, 0.717) is 16.7 Å². The van der Waals surface area contributed by atoms with Crippen molar-refractivity contribution < 1.29 is 14.7 Å². The highest BCUT2D eigenvalue weighted by Gasteiger charge is 2.18. The molecule has 130 valence electrons. The number of nitrogens with one attached hydrogen (secondary N) is 1. The third-order valence-corrected chi connectivity index (χ3v) is 4.27. The minimum atomic E-state index is -1.02. The Morgan fingerprint density at radius 3 is 1.88 bits per heavy atom. The lowest BCUT2D eigenvalue weighted by Gasteiger charge is -2.17. The maximum atomic E-state index is 12.8. The van der Waals surface area contributed by atoms with E-state index in [4.69, 9.17) is 0 Å². The number of hydrogen-bond acceptors (Lipinski definition) is 2. The number of rotatable bonds is 5. The molecule has 2 N–H and O–H groups in total. The Hall–Kier alpha value is -3.40. The van der Waals surface area contributed by atoms with Crippen LogP contribution in [0.2, 0.25) is 0 Å². The van der Waals surface area contributed by atoms with E-state index in [0.717, 1.165) is 5.56 Å². The van der Waals surface area contributed by atoms with Gasteiger partial charge in [0.25, 0.3) is 5.91 Å². The van der Waals surface area contributed by atoms with Crippen LogP contribution >= 0.6 is 0 Å². The first-order valence-electron chi connectivity index (χ1n) is 8.35. The van der Waals surface area contributed by atoms with E-state index in [1.165, 1.54) is 0 Å². The van der Waals surface area contributed by atoms with Crippen LogP contribution in [0.25, 0.3) is 11.1 Å². The van der Waals surface area contributed by atoms with Gasteiger partial charge in [-0.2, -0.15) is 0 Å². The first-order valence-corrected chi connectivity index (χ1v) is 8.35. The van der Waals surface area contributed by atoms with E-state index in [1.807, 2.05) is 37.3 Å². The minimum absolute atomic E-state index is 0.161. The number of amides is 1. The summed E-state index contributed by atoms with van der Waals surface area (Å²) in [5.74, 6) is -1.26. The van der Waals surface area contributed by atoms with Gasteiger partial charge in [0.05, 0.1) is 11.6 Å². The molecule has 0 saturated heterocycles. The summed E-state index contributed by atoms with van der Waals surface area (Å²) in [5, 5.41) is 12.4. The Morgan fingerprint density at radius 2 is 1.27 bits per heavy atom. The molecule has 0 bridgehead atoms. The first kappa shape index (κ1) is 17.4. The number of benzene rings is 3. The average Bonchev–Trinajstić information content (AvgIpc) is 2.68. The second kappa shape index (κ2) is 7.66. The fourth-order valence-electron chi connectivity index (χ4n) is 2.92. The Morgan fingerprint density at radius 1 is 0.769 bits per heavy atom. The van der Waals surface area contributed by atoms with Gasteiger partial charge in [-0.15, -0.1) is 0 Å². The van der Waals surface area contributed by atoms with Crippen molar-refractivity contribution in [3.05, 3.63) is 95.6 Å². The normalized spacial score (nSPS) is 11.6. The molecule has 3 aromatic rings. The zero-order valence-corrected chi connectivity index (χ0v) is 14.3. The molecule has 3 aromatic carbocycles. The van der Waals surface area contributed by atoms with Crippen LogP contribution in [0.1, 0.15) is 39.2 Å². The highest BCUT2D eigenvalue weighted by Crippen LogP contribution is 2.27. The lowest BCUT2D eigenvalue weighted by molar-refractivity contribution is 0.0697. The Labute approximate surface area is 152 Å². The molecule has 0 aliphatic heterocycles. The summed E-state index contributed by atoms with van der Waals surface area (Å²) in [4.78, 5) is 24.4. The van der Waals surface area contributed by atoms with Crippen LogP contribution < -0.4 is 5.32 Å². The van der Waals surface area contributed by atoms with E-state index >= 15 is 0 Å². The van der Waals surface area contributed by atoms with Crippen molar-refractivity contribution in [2.45, 2.75) is 13.0 Å². The van der Waals surface area contributed by atoms with Crippen LogP contribution in [-0.4, -0.2) is 17.0 Å². The van der Waals surface area contributed by atoms with Crippen LogP contribution in [0.5, 0.6) is 0 Å². The quantitative estimate of drug-likeness (QED) is 0.713. The van der Waals surface area contributed by atoms with E-state index in [-0.39, 0.29) is 17.5 Å². The summed E-state index contributed by atoms with van der Waals surface area (Å²) < 4.78 is 0. The molecule has 3 rings (SSSR count). The molecule has 0 aromatic heterocycles. The SMILES string of the molecule is C[C@@H](NC(=O)c1ccccc1-c1ccccc1C(=O)O)c1ccccc1. The van der Waals surface area contributed by atoms with Gasteiger partial charge in [0, 0.05) is 5.56 Å². The summed E-state index contributed by atoms with van der Waals surface area (Å²) in [5.41, 5.74) is 2.75. The first-order chi connectivity index (χ1) is 12.6. The molecule has 0 fully saturated rings. The van der Waals surface area contributed by atoms with Crippen LogP contribution in [0.15, 0.2) is 78.9 Å². The predicted octanol–water partition coefficient (Wildman–Crippen LogP) is 4.54. The highest BCUT2D eigenvalue weighted by atomic mass is 16.4. The van der Waals surface area contributed by atoms with Gasteiger partial charge in [0.15, 0.2) is 0 Å². The van der Waals surface area contributed by atoms with Crippen molar-refractivity contribution in [3.8, 4) is 11.1 Å². The van der Waals surface area contributed by atoms with Crippen molar-refractivity contribution in [1.82, 2.24) is 5.32 Å². The van der Waals surface area contributed by atoms with Crippen molar-refractivity contribution >= 4 is 11.9 Å². The third-order valence-electron chi connectivity index (χ3n) is 4.27. The zero-order valence-electron chi connectivity index (χ0n) is 14.3. The summed E-state index contributed by atoms with van der Waals surface area (Å²) in [6.07, 6.45) is 0. The molecule has 4 nitrogen and oxygen atoms in total. The van der Waals surface area contributed by atoms with Crippen molar-refractivity contribution in [2.24, 2.45) is 0 Å². The van der Waals surface area contributed by atoms with Gasteiger partial charge >= 0.3 is 5.97 Å². The van der Waals surface area contributed by atoms with E-state index < -0.39 is 5.97 Å². The van der Waals surface area contributed by atoms with Crippen LogP contribution in [-0.2, 0) is 0 Å². The van der Waals surface area contributed by atoms with E-state index in [1.54, 1.807) is 48.5 Å². The van der Waals surface area contributed by atoms with Gasteiger partial charge < -0.3 is 10.4 Å². The van der Waals surface area contributed by atoms with E-state index in [9.17, 15) is 14.7 Å². The Balaban J connectivity index is 1.95. The van der Waals surface area contributed by atoms with Gasteiger partial charge in [-0.25, -0.2) is 4.79 Å². The number of carboxylic acid groups (broad SMARTS) is 1. The summed E-state index contributed by atoms with van der Waals surface area (Å²) in [6.45, 7) is 1.92. The van der Waals surface area contributed by atoms with Crippen molar-refractivity contribution in [3.63, 3.8) is 0 Å². The number of carbonyl (C=O) groups is 2. The second-order valence-electron chi connectivity index (χ2n) is 6.00. The Bertz CT molecular complexity index is 935. The lowest BCUT2D eigenvalue weighted by Crippen LogP contribution is -2.27. The predicted molar refractivity (Wildman–Crippen MR) is 101 cm³/mol. The average molecular weight is 345 g/mol. The van der Waals surface area contributed by atoms with E-state index in [2.05, 4.69) is 5.32 Å². The summed E-state index contributed by atoms with van der Waals surface area (Å²) >= 11 is 0. The largest absolute Gasteiger partial charge is 0.478 e. The van der Waals surface area contributed by atoms with Gasteiger partial charge in [-0.3, -0.25) is 4.79 Å². The fraction of sp³-hybridized carbons (Fsp3) is 0.0909. The minimum Gasteiger partial charge on any atom is -0.478 e. The standard InChI is InChI=1S/C22H19NO3/c1-15(16-9-3-2-4-10-16)23-21(24)19-13-7-5-11-17(19)18-12-6-8-14-20(18)22(25)26/h2-15H,1H3,(H,23,24)(H,25,26)/t15-/m1/s1. The number of carbonyl (C=O) groups excluding carboxylic acids is 1. The molecule has 1 amide bonds. The maximum absolute atomic E-state index is 12.8. The van der Waals surface area contributed by atoms with Gasteiger partial charge in [-0.1, -0.05) is 66.7 Å². The maximum Gasteiger partial charge on any atom is 0.336 e. The molecule has 0 spiro atoms. The third kappa shape index (κ3) is 3.64. The zero-order chi connectivity index (χ0) is 18.5. The van der Waals surface area contributed by atoms with Crippen LogP contribution in [0.3, 0.4) is 0 Å². The molecule has 26 heavy (non-hydrogen) atoms. The van der Waals surface area contributed by atoms with Crippen LogP contribution in [0, 0.1) is 0 Å². The molecular formula is C22H19NO3. The fourth-order valence-corrected chi connectivity index (χ4v) is 2.92. The van der Waals surface area contributed by atoms with Crippen molar-refractivity contribution in [2.75, 3.05) is 0 Å². The highest BCUT2D eigenvalue weighted by molar-refractivity contribution is 6.04. The number of aromatic carboxylic acids is 1. The smallest absolute Gasteiger partial charge is 0.336 e. The van der Waals surface area contributed by atoms with Gasteiger partial charge in [-0.05, 0) is 35.7 Å². The number of hydrogen-bond donors (Lipinski definition) is 2. The van der Waals surface area contributed by atoms with Crippen molar-refractivity contribution in [1.29, 1.82) is 0 Å². The van der Waals surface area contributed by atoms with Crippen LogP contribution in [0.4, 0.5) is 0 Å². The molecule has 1 atom stereocenters. The molecule has 0 heterocycles. The summed E-state index contributed by atoms with van der Waals surface area (Å²) in [7, 11) is 0. The monoisotopic (exact) mass is 345 g/mol. The molecule has 0 radical (unpaired) electrons. The summed E-state index contributed by atoms with van der Waals surface area (Å²) in [6, 6.07) is 23.3. The number of carboxylic acids is 1. The topological polar surface area (TPSA) is 66.4 Å². The Kier molecular flexibility index (Phi) is 5.13. The van der Waals surface area contributed by atoms with Gasteiger partial charge in [0.2, 0.25) is 0 Å².